The zero-order valence-corrected chi connectivity index (χ0v) is 15.7. The molecule has 0 aromatic rings. The van der Waals surface area contributed by atoms with Gasteiger partial charge in [0.1, 0.15) is 0 Å². The molecule has 0 bridgehead atoms. The number of unbranched alkanes of at least 4 members (excludes halogenated alkanes) is 4. The van der Waals surface area contributed by atoms with Gasteiger partial charge in [-0.3, -0.25) is 9.59 Å². The van der Waals surface area contributed by atoms with Gasteiger partial charge in [0.05, 0.1) is 18.6 Å². The number of rotatable bonds is 13. The molecule has 5 heteroatoms. The third-order valence-electron chi connectivity index (χ3n) is 4.91. The Hall–Kier alpha value is -1.20. The van der Waals surface area contributed by atoms with E-state index in [1.807, 2.05) is 0 Å². The molecule has 0 aromatic heterocycles. The van der Waals surface area contributed by atoms with Crippen molar-refractivity contribution >= 4 is 11.8 Å². The predicted octanol–water partition coefficient (Wildman–Crippen LogP) is 3.74. The highest BCUT2D eigenvalue weighted by atomic mass is 16.5. The Bertz CT molecular complexity index is 432. The summed E-state index contributed by atoms with van der Waals surface area (Å²) in [6.45, 7) is 4.83. The Balaban J connectivity index is 2.68. The summed E-state index contributed by atoms with van der Waals surface area (Å²) >= 11 is 0. The van der Waals surface area contributed by atoms with Crippen LogP contribution in [0.25, 0.3) is 0 Å². The molecule has 2 unspecified atom stereocenters. The second kappa shape index (κ2) is 12.2. The van der Waals surface area contributed by atoms with Crippen molar-refractivity contribution in [3.63, 3.8) is 0 Å². The van der Waals surface area contributed by atoms with E-state index in [0.717, 1.165) is 38.5 Å². The molecule has 0 amide bonds. The first-order chi connectivity index (χ1) is 12.0. The highest BCUT2D eigenvalue weighted by Crippen LogP contribution is 2.38. The van der Waals surface area contributed by atoms with Crippen LogP contribution in [0.2, 0.25) is 0 Å². The molecule has 0 saturated heterocycles. The van der Waals surface area contributed by atoms with Crippen molar-refractivity contribution in [1.82, 2.24) is 0 Å². The number of carboxylic acid groups (broad SMARTS) is 1. The molecule has 0 aliphatic heterocycles. The number of ether oxygens (including phenoxy) is 1. The van der Waals surface area contributed by atoms with Crippen molar-refractivity contribution in [2.45, 2.75) is 83.8 Å². The van der Waals surface area contributed by atoms with Crippen LogP contribution in [0.1, 0.15) is 71.6 Å². The SMILES string of the molecule is CCCCCOC1CC(O)[C@@H](CC(=O)O)[C@@H]1C=CC(=O)CCCCC. The molecule has 4 atom stereocenters. The van der Waals surface area contributed by atoms with Crippen molar-refractivity contribution < 1.29 is 24.5 Å². The summed E-state index contributed by atoms with van der Waals surface area (Å²) in [6.07, 6.45) is 9.42. The smallest absolute Gasteiger partial charge is 0.303 e. The molecule has 144 valence electrons. The fraction of sp³-hybridized carbons (Fsp3) is 0.800. The van der Waals surface area contributed by atoms with Gasteiger partial charge in [0.15, 0.2) is 5.78 Å². The van der Waals surface area contributed by atoms with Crippen LogP contribution in [0.4, 0.5) is 0 Å². The van der Waals surface area contributed by atoms with Crippen molar-refractivity contribution in [3.05, 3.63) is 12.2 Å². The number of carboxylic acids is 1. The molecule has 1 rings (SSSR count). The molecule has 0 heterocycles. The van der Waals surface area contributed by atoms with Crippen LogP contribution in [0, 0.1) is 11.8 Å². The lowest BCUT2D eigenvalue weighted by atomic mass is 9.90. The minimum atomic E-state index is -0.927. The average Bonchev–Trinajstić information content (AvgIpc) is 2.85. The van der Waals surface area contributed by atoms with Crippen molar-refractivity contribution in [1.29, 1.82) is 0 Å². The fourth-order valence-corrected chi connectivity index (χ4v) is 3.46. The highest BCUT2D eigenvalue weighted by molar-refractivity contribution is 5.89. The molecule has 1 aliphatic carbocycles. The maximum Gasteiger partial charge on any atom is 0.303 e. The number of aliphatic hydroxyl groups is 1. The number of carbonyl (C=O) groups excluding carboxylic acids is 1. The van der Waals surface area contributed by atoms with Crippen molar-refractivity contribution in [3.8, 4) is 0 Å². The van der Waals surface area contributed by atoms with Gasteiger partial charge in [0, 0.05) is 31.3 Å². The predicted molar refractivity (Wildman–Crippen MR) is 97.4 cm³/mol. The first kappa shape index (κ1) is 21.8. The van der Waals surface area contributed by atoms with Gasteiger partial charge in [0.2, 0.25) is 0 Å². The van der Waals surface area contributed by atoms with E-state index >= 15 is 0 Å². The van der Waals surface area contributed by atoms with E-state index in [4.69, 9.17) is 9.84 Å². The van der Waals surface area contributed by atoms with Gasteiger partial charge in [-0.1, -0.05) is 45.6 Å². The van der Waals surface area contributed by atoms with Crippen LogP contribution >= 0.6 is 0 Å². The van der Waals surface area contributed by atoms with Crippen LogP contribution < -0.4 is 0 Å². The maximum atomic E-state index is 12.0. The lowest BCUT2D eigenvalue weighted by Crippen LogP contribution is -2.25. The first-order valence-electron chi connectivity index (χ1n) is 9.72. The topological polar surface area (TPSA) is 83.8 Å². The van der Waals surface area contributed by atoms with E-state index in [0.29, 0.717) is 19.4 Å². The number of hydrogen-bond donors (Lipinski definition) is 2. The molecule has 0 spiro atoms. The first-order valence-corrected chi connectivity index (χ1v) is 9.72. The molecule has 5 nitrogen and oxygen atoms in total. The number of aliphatic hydroxyl groups excluding tert-OH is 1. The number of allylic oxidation sites excluding steroid dienone is 1. The number of aliphatic carboxylic acids is 1. The summed E-state index contributed by atoms with van der Waals surface area (Å²) < 4.78 is 5.92. The standard InChI is InChI=1S/C20H34O5/c1-3-5-7-9-15(21)10-11-16-17(13-20(23)24)18(22)14-19(16)25-12-8-6-4-2/h10-11,16-19,22H,3-9,12-14H2,1-2H3,(H,23,24)/t16-,17-,18?,19?/m0/s1. The van der Waals surface area contributed by atoms with Gasteiger partial charge in [-0.05, 0) is 18.9 Å². The minimum absolute atomic E-state index is 0.0636. The van der Waals surface area contributed by atoms with Gasteiger partial charge >= 0.3 is 5.97 Å². The van der Waals surface area contributed by atoms with E-state index in [1.54, 1.807) is 12.2 Å². The molecular formula is C20H34O5. The number of hydrogen-bond acceptors (Lipinski definition) is 4. The van der Waals surface area contributed by atoms with Gasteiger partial charge in [-0.15, -0.1) is 0 Å². The molecule has 1 aliphatic rings. The maximum absolute atomic E-state index is 12.0. The van der Waals surface area contributed by atoms with Gasteiger partial charge in [-0.25, -0.2) is 0 Å². The molecule has 1 saturated carbocycles. The zero-order valence-electron chi connectivity index (χ0n) is 15.7. The quantitative estimate of drug-likeness (QED) is 0.389. The van der Waals surface area contributed by atoms with Crippen molar-refractivity contribution in [2.24, 2.45) is 11.8 Å². The van der Waals surface area contributed by atoms with Crippen LogP contribution in [-0.2, 0) is 14.3 Å². The van der Waals surface area contributed by atoms with Gasteiger partial charge in [-0.2, -0.15) is 0 Å². The Morgan fingerprint density at radius 1 is 1.12 bits per heavy atom. The molecule has 0 radical (unpaired) electrons. The van der Waals surface area contributed by atoms with Gasteiger partial charge < -0.3 is 14.9 Å². The average molecular weight is 354 g/mol. The summed E-state index contributed by atoms with van der Waals surface area (Å²) in [6, 6.07) is 0. The number of ketones is 1. The summed E-state index contributed by atoms with van der Waals surface area (Å²) in [5.74, 6) is -1.48. The lowest BCUT2D eigenvalue weighted by Gasteiger charge is -2.21. The van der Waals surface area contributed by atoms with Crippen LogP contribution in [0.5, 0.6) is 0 Å². The van der Waals surface area contributed by atoms with Gasteiger partial charge in [0.25, 0.3) is 0 Å². The summed E-state index contributed by atoms with van der Waals surface area (Å²) in [5.41, 5.74) is 0. The summed E-state index contributed by atoms with van der Waals surface area (Å²) in [4.78, 5) is 23.1. The highest BCUT2D eigenvalue weighted by Gasteiger charge is 2.42. The normalized spacial score (nSPS) is 26.4. The monoisotopic (exact) mass is 354 g/mol. The zero-order chi connectivity index (χ0) is 18.7. The minimum Gasteiger partial charge on any atom is -0.481 e. The van der Waals surface area contributed by atoms with Crippen LogP contribution in [-0.4, -0.2) is 40.8 Å². The molecule has 25 heavy (non-hydrogen) atoms. The number of carbonyl (C=O) groups is 2. The van der Waals surface area contributed by atoms with Crippen LogP contribution in [0.3, 0.4) is 0 Å². The molecular weight excluding hydrogens is 320 g/mol. The lowest BCUT2D eigenvalue weighted by molar-refractivity contribution is -0.139. The van der Waals surface area contributed by atoms with E-state index < -0.39 is 18.0 Å². The van der Waals surface area contributed by atoms with E-state index in [9.17, 15) is 14.7 Å². The fourth-order valence-electron chi connectivity index (χ4n) is 3.46. The molecule has 2 N–H and O–H groups in total. The Labute approximate surface area is 151 Å². The third kappa shape index (κ3) is 8.15. The third-order valence-corrected chi connectivity index (χ3v) is 4.91. The Morgan fingerprint density at radius 3 is 2.44 bits per heavy atom. The Kier molecular flexibility index (Phi) is 10.7. The second-order valence-electron chi connectivity index (χ2n) is 7.04. The van der Waals surface area contributed by atoms with E-state index in [1.165, 1.54) is 0 Å². The largest absolute Gasteiger partial charge is 0.481 e. The second-order valence-corrected chi connectivity index (χ2v) is 7.04. The molecule has 1 fully saturated rings. The van der Waals surface area contributed by atoms with E-state index in [2.05, 4.69) is 13.8 Å². The summed E-state index contributed by atoms with van der Waals surface area (Å²) in [7, 11) is 0. The summed E-state index contributed by atoms with van der Waals surface area (Å²) in [5, 5.41) is 19.4. The van der Waals surface area contributed by atoms with Crippen LogP contribution in [0.15, 0.2) is 12.2 Å². The van der Waals surface area contributed by atoms with Crippen molar-refractivity contribution in [2.75, 3.05) is 6.61 Å². The molecule has 0 aromatic carbocycles. The van der Waals surface area contributed by atoms with E-state index in [-0.39, 0.29) is 24.2 Å². The Morgan fingerprint density at radius 2 is 1.80 bits per heavy atom.